The summed E-state index contributed by atoms with van der Waals surface area (Å²) in [4.78, 5) is 21.4. The number of ether oxygens (including phenoxy) is 2. The number of aromatic nitrogens is 1. The molecule has 0 radical (unpaired) electrons. The number of rotatable bonds is 6. The molecule has 2 fully saturated rings. The summed E-state index contributed by atoms with van der Waals surface area (Å²) in [6.45, 7) is 6.69. The van der Waals surface area contributed by atoms with Crippen molar-refractivity contribution in [2.75, 3.05) is 45.9 Å². The third-order valence-electron chi connectivity index (χ3n) is 5.41. The second kappa shape index (κ2) is 9.17. The zero-order valence-electron chi connectivity index (χ0n) is 16.1. The summed E-state index contributed by atoms with van der Waals surface area (Å²) in [5.41, 5.74) is 1.70. The van der Waals surface area contributed by atoms with Gasteiger partial charge in [0.15, 0.2) is 0 Å². The minimum atomic E-state index is 0.0472. The maximum Gasteiger partial charge on any atom is 0.255 e. The molecular weight excluding hydrogens is 354 g/mol. The zero-order valence-corrected chi connectivity index (χ0v) is 16.1. The highest BCUT2D eigenvalue weighted by molar-refractivity contribution is 5.94. The predicted octanol–water partition coefficient (Wildman–Crippen LogP) is 2.45. The molecule has 2 saturated heterocycles. The minimum Gasteiger partial charge on any atom is -0.473 e. The smallest absolute Gasteiger partial charge is 0.255 e. The fourth-order valence-corrected chi connectivity index (χ4v) is 3.73. The summed E-state index contributed by atoms with van der Waals surface area (Å²) in [7, 11) is 0. The summed E-state index contributed by atoms with van der Waals surface area (Å²) >= 11 is 0. The molecule has 1 atom stereocenters. The highest BCUT2D eigenvalue weighted by Crippen LogP contribution is 2.17. The van der Waals surface area contributed by atoms with Crippen molar-refractivity contribution in [1.82, 2.24) is 14.8 Å². The monoisotopic (exact) mass is 381 g/mol. The average molecular weight is 381 g/mol. The second-order valence-corrected chi connectivity index (χ2v) is 7.48. The van der Waals surface area contributed by atoms with Crippen molar-refractivity contribution in [2.24, 2.45) is 5.92 Å². The number of hydrogen-bond acceptors (Lipinski definition) is 5. The molecule has 4 rings (SSSR count). The van der Waals surface area contributed by atoms with Crippen LogP contribution in [0.4, 0.5) is 0 Å². The quantitative estimate of drug-likeness (QED) is 0.769. The Hall–Kier alpha value is -2.44. The van der Waals surface area contributed by atoms with E-state index in [1.807, 2.05) is 35.2 Å². The Morgan fingerprint density at radius 2 is 1.93 bits per heavy atom. The van der Waals surface area contributed by atoms with Gasteiger partial charge < -0.3 is 14.4 Å². The van der Waals surface area contributed by atoms with E-state index in [2.05, 4.69) is 9.88 Å². The highest BCUT2D eigenvalue weighted by atomic mass is 16.5. The van der Waals surface area contributed by atoms with Gasteiger partial charge in [0, 0.05) is 51.6 Å². The zero-order chi connectivity index (χ0) is 19.2. The number of carbonyl (C=O) groups is 1. The number of pyridine rings is 1. The lowest BCUT2D eigenvalue weighted by Gasteiger charge is -2.35. The Bertz CT molecular complexity index is 752. The molecule has 148 valence electrons. The van der Waals surface area contributed by atoms with Crippen LogP contribution in [0.1, 0.15) is 22.3 Å². The maximum absolute atomic E-state index is 12.7. The summed E-state index contributed by atoms with van der Waals surface area (Å²) in [5, 5.41) is 0. The van der Waals surface area contributed by atoms with Crippen molar-refractivity contribution in [3.63, 3.8) is 0 Å². The Morgan fingerprint density at radius 3 is 2.61 bits per heavy atom. The van der Waals surface area contributed by atoms with Crippen molar-refractivity contribution in [3.8, 4) is 5.88 Å². The number of hydrogen-bond donors (Lipinski definition) is 0. The van der Waals surface area contributed by atoms with Gasteiger partial charge in [0.2, 0.25) is 5.88 Å². The molecule has 1 aromatic carbocycles. The first kappa shape index (κ1) is 18.9. The van der Waals surface area contributed by atoms with Crippen LogP contribution in [0.2, 0.25) is 0 Å². The van der Waals surface area contributed by atoms with Gasteiger partial charge in [0.05, 0.1) is 12.2 Å². The molecule has 1 aromatic heterocycles. The topological polar surface area (TPSA) is 54.9 Å². The van der Waals surface area contributed by atoms with Crippen LogP contribution in [-0.2, 0) is 11.3 Å². The first-order chi connectivity index (χ1) is 13.8. The molecule has 2 aliphatic rings. The summed E-state index contributed by atoms with van der Waals surface area (Å²) in [6, 6.07) is 13.5. The largest absolute Gasteiger partial charge is 0.473 e. The Morgan fingerprint density at radius 1 is 1.11 bits per heavy atom. The van der Waals surface area contributed by atoms with E-state index in [0.29, 0.717) is 24.0 Å². The highest BCUT2D eigenvalue weighted by Gasteiger charge is 2.25. The first-order valence-electron chi connectivity index (χ1n) is 10.00. The standard InChI is InChI=1S/C22H27N3O3/c26-22(25-11-9-24(10-12-25)15-19-8-13-27-16-19)20-6-7-21(23-14-20)28-17-18-4-2-1-3-5-18/h1-7,14,19H,8-13,15-17H2. The lowest BCUT2D eigenvalue weighted by molar-refractivity contribution is 0.0611. The van der Waals surface area contributed by atoms with Crippen LogP contribution >= 0.6 is 0 Å². The normalized spacial score (nSPS) is 20.3. The van der Waals surface area contributed by atoms with Crippen molar-refractivity contribution >= 4 is 5.91 Å². The lowest BCUT2D eigenvalue weighted by Crippen LogP contribution is -2.49. The molecule has 6 nitrogen and oxygen atoms in total. The van der Waals surface area contributed by atoms with Crippen LogP contribution in [0, 0.1) is 5.92 Å². The van der Waals surface area contributed by atoms with Crippen LogP contribution in [0.25, 0.3) is 0 Å². The summed E-state index contributed by atoms with van der Waals surface area (Å²) in [6.07, 6.45) is 2.77. The summed E-state index contributed by atoms with van der Waals surface area (Å²) in [5.74, 6) is 1.23. The molecule has 1 amide bonds. The molecule has 1 unspecified atom stereocenters. The fraction of sp³-hybridized carbons (Fsp3) is 0.455. The van der Waals surface area contributed by atoms with Gasteiger partial charge in [-0.05, 0) is 24.0 Å². The molecule has 0 bridgehead atoms. The van der Waals surface area contributed by atoms with Crippen molar-refractivity contribution in [1.29, 1.82) is 0 Å². The van der Waals surface area contributed by atoms with E-state index in [1.165, 1.54) is 0 Å². The first-order valence-corrected chi connectivity index (χ1v) is 10.00. The average Bonchev–Trinajstić information content (AvgIpc) is 3.26. The third-order valence-corrected chi connectivity index (χ3v) is 5.41. The predicted molar refractivity (Wildman–Crippen MR) is 106 cm³/mol. The van der Waals surface area contributed by atoms with Crippen molar-refractivity contribution in [2.45, 2.75) is 13.0 Å². The van der Waals surface area contributed by atoms with Gasteiger partial charge in [-0.25, -0.2) is 4.98 Å². The summed E-state index contributed by atoms with van der Waals surface area (Å²) < 4.78 is 11.2. The van der Waals surface area contributed by atoms with E-state index in [4.69, 9.17) is 9.47 Å². The minimum absolute atomic E-state index is 0.0472. The number of nitrogens with zero attached hydrogens (tertiary/aromatic N) is 3. The van der Waals surface area contributed by atoms with Crippen LogP contribution in [-0.4, -0.2) is 66.6 Å². The molecule has 0 spiro atoms. The van der Waals surface area contributed by atoms with Gasteiger partial charge in [-0.2, -0.15) is 0 Å². The fourth-order valence-electron chi connectivity index (χ4n) is 3.73. The number of amides is 1. The third kappa shape index (κ3) is 4.88. The molecule has 2 aliphatic heterocycles. The molecule has 3 heterocycles. The molecular formula is C22H27N3O3. The molecule has 0 saturated carbocycles. The van der Waals surface area contributed by atoms with E-state index >= 15 is 0 Å². The van der Waals surface area contributed by atoms with Crippen molar-refractivity contribution < 1.29 is 14.3 Å². The lowest BCUT2D eigenvalue weighted by atomic mass is 10.1. The van der Waals surface area contributed by atoms with E-state index in [1.54, 1.807) is 18.3 Å². The number of piperazine rings is 1. The molecule has 2 aromatic rings. The van der Waals surface area contributed by atoms with E-state index < -0.39 is 0 Å². The molecule has 28 heavy (non-hydrogen) atoms. The Balaban J connectivity index is 1.25. The van der Waals surface area contributed by atoms with E-state index in [9.17, 15) is 4.79 Å². The van der Waals surface area contributed by atoms with Gasteiger partial charge in [0.25, 0.3) is 5.91 Å². The SMILES string of the molecule is O=C(c1ccc(OCc2ccccc2)nc1)N1CCN(CC2CCOC2)CC1. The van der Waals surface area contributed by atoms with Gasteiger partial charge in [-0.1, -0.05) is 30.3 Å². The maximum atomic E-state index is 12.7. The van der Waals surface area contributed by atoms with E-state index in [0.717, 1.165) is 57.9 Å². The Kier molecular flexibility index (Phi) is 6.19. The van der Waals surface area contributed by atoms with Gasteiger partial charge in [0.1, 0.15) is 6.61 Å². The van der Waals surface area contributed by atoms with Gasteiger partial charge in [-0.3, -0.25) is 9.69 Å². The molecule has 6 heteroatoms. The number of carbonyl (C=O) groups excluding carboxylic acids is 1. The van der Waals surface area contributed by atoms with Crippen LogP contribution in [0.15, 0.2) is 48.7 Å². The molecule has 0 aliphatic carbocycles. The van der Waals surface area contributed by atoms with Crippen LogP contribution < -0.4 is 4.74 Å². The van der Waals surface area contributed by atoms with Crippen LogP contribution in [0.3, 0.4) is 0 Å². The van der Waals surface area contributed by atoms with Gasteiger partial charge >= 0.3 is 0 Å². The van der Waals surface area contributed by atoms with Gasteiger partial charge in [-0.15, -0.1) is 0 Å². The Labute approximate surface area is 166 Å². The molecule has 0 N–H and O–H groups in total. The second-order valence-electron chi connectivity index (χ2n) is 7.48. The number of benzene rings is 1. The van der Waals surface area contributed by atoms with Crippen LogP contribution in [0.5, 0.6) is 5.88 Å². The van der Waals surface area contributed by atoms with Crippen molar-refractivity contribution in [3.05, 3.63) is 59.8 Å². The van der Waals surface area contributed by atoms with E-state index in [-0.39, 0.29) is 5.91 Å².